The van der Waals surface area contributed by atoms with E-state index in [4.69, 9.17) is 4.52 Å². The highest BCUT2D eigenvalue weighted by Gasteiger charge is 2.29. The van der Waals surface area contributed by atoms with Gasteiger partial charge in [0.05, 0.1) is 29.9 Å². The molecule has 0 bridgehead atoms. The zero-order chi connectivity index (χ0) is 27.6. The van der Waals surface area contributed by atoms with Gasteiger partial charge in [0.2, 0.25) is 11.7 Å². The van der Waals surface area contributed by atoms with E-state index in [1.807, 2.05) is 18.0 Å². The Morgan fingerprint density at radius 1 is 1.26 bits per heavy atom. The van der Waals surface area contributed by atoms with Gasteiger partial charge in [0.25, 0.3) is 11.8 Å². The fourth-order valence-corrected chi connectivity index (χ4v) is 4.83. The van der Waals surface area contributed by atoms with E-state index in [0.717, 1.165) is 19.9 Å². The van der Waals surface area contributed by atoms with E-state index in [2.05, 4.69) is 25.8 Å². The quantitative estimate of drug-likeness (QED) is 0.325. The van der Waals surface area contributed by atoms with E-state index in [1.54, 1.807) is 36.5 Å². The lowest BCUT2D eigenvalue weighted by Crippen LogP contribution is -2.41. The molecule has 0 aliphatic carbocycles. The maximum atomic E-state index is 14.6. The van der Waals surface area contributed by atoms with Crippen LogP contribution in [0.25, 0.3) is 22.4 Å². The average Bonchev–Trinajstić information content (AvgIpc) is 3.51. The highest BCUT2D eigenvalue weighted by atomic mass is 19.3. The Labute approximate surface area is 223 Å². The number of benzene rings is 1. The van der Waals surface area contributed by atoms with Crippen LogP contribution in [-0.2, 0) is 13.1 Å². The van der Waals surface area contributed by atoms with E-state index < -0.39 is 18.6 Å². The summed E-state index contributed by atoms with van der Waals surface area (Å²) in [4.78, 5) is 22.6. The number of fused-ring (bicyclic) bond motifs is 1. The van der Waals surface area contributed by atoms with Crippen molar-refractivity contribution in [3.8, 4) is 11.5 Å². The Kier molecular flexibility index (Phi) is 7.56. The number of aromatic nitrogens is 4. The van der Waals surface area contributed by atoms with Crippen LogP contribution < -0.4 is 10.6 Å². The molecule has 12 heteroatoms. The first kappa shape index (κ1) is 26.7. The van der Waals surface area contributed by atoms with Crippen LogP contribution in [0.4, 0.5) is 18.9 Å². The highest BCUT2D eigenvalue weighted by molar-refractivity contribution is 5.96. The molecule has 1 saturated heterocycles. The van der Waals surface area contributed by atoms with E-state index >= 15 is 0 Å². The molecular weight excluding hydrogens is 511 g/mol. The van der Waals surface area contributed by atoms with Crippen LogP contribution >= 0.6 is 0 Å². The second kappa shape index (κ2) is 11.0. The van der Waals surface area contributed by atoms with Crippen molar-refractivity contribution in [3.63, 3.8) is 0 Å². The molecule has 1 aliphatic heterocycles. The first-order valence-corrected chi connectivity index (χ1v) is 12.8. The van der Waals surface area contributed by atoms with Crippen LogP contribution in [-0.4, -0.2) is 69.3 Å². The van der Waals surface area contributed by atoms with Gasteiger partial charge in [-0.2, -0.15) is 4.98 Å². The fourth-order valence-electron chi connectivity index (χ4n) is 4.83. The molecule has 2 N–H and O–H groups in total. The Bertz CT molecular complexity index is 1430. The van der Waals surface area contributed by atoms with Crippen molar-refractivity contribution in [1.29, 1.82) is 0 Å². The molecule has 39 heavy (non-hydrogen) atoms. The zero-order valence-corrected chi connectivity index (χ0v) is 21.7. The SMILES string of the molecule is CN1CC[C@@H](CNc2cccc3c2cc(-c2noc(CNC(=O)c4cccnc4)n2)n3CC(C)(F)F)[C@@H](F)C1. The number of alkyl halides is 3. The number of nitrogens with one attached hydrogen (secondary N) is 2. The van der Waals surface area contributed by atoms with Crippen LogP contribution in [0.3, 0.4) is 0 Å². The second-order valence-electron chi connectivity index (χ2n) is 10.1. The topological polar surface area (TPSA) is 101 Å². The molecule has 1 aliphatic rings. The fraction of sp³-hybridized carbons (Fsp3) is 0.407. The molecule has 3 aromatic heterocycles. The molecule has 0 saturated carbocycles. The Balaban J connectivity index is 1.39. The number of nitrogens with zero attached hydrogens (tertiary/aromatic N) is 5. The first-order valence-electron chi connectivity index (χ1n) is 12.8. The second-order valence-corrected chi connectivity index (χ2v) is 10.1. The molecule has 2 atom stereocenters. The lowest BCUT2D eigenvalue weighted by atomic mass is 9.95. The van der Waals surface area contributed by atoms with Crippen LogP contribution in [0.1, 0.15) is 29.6 Å². The number of pyridine rings is 1. The number of piperidine rings is 1. The van der Waals surface area contributed by atoms with Crippen LogP contribution in [0.2, 0.25) is 0 Å². The molecular formula is C27H30F3N7O2. The highest BCUT2D eigenvalue weighted by Crippen LogP contribution is 2.34. The summed E-state index contributed by atoms with van der Waals surface area (Å²) in [6.45, 7) is 1.86. The summed E-state index contributed by atoms with van der Waals surface area (Å²) in [6, 6.07) is 10.4. The van der Waals surface area contributed by atoms with Crippen molar-refractivity contribution in [1.82, 2.24) is 29.9 Å². The number of halogens is 3. The molecule has 0 spiro atoms. The van der Waals surface area contributed by atoms with Crippen molar-refractivity contribution in [2.75, 3.05) is 32.0 Å². The number of carbonyl (C=O) groups is 1. The van der Waals surface area contributed by atoms with E-state index in [9.17, 15) is 18.0 Å². The van der Waals surface area contributed by atoms with Gasteiger partial charge >= 0.3 is 0 Å². The number of carbonyl (C=O) groups excluding carboxylic acids is 1. The number of hydrogen-bond donors (Lipinski definition) is 2. The molecule has 4 aromatic rings. The smallest absolute Gasteiger partial charge is 0.262 e. The van der Waals surface area contributed by atoms with Crippen molar-refractivity contribution in [2.24, 2.45) is 5.92 Å². The molecule has 0 radical (unpaired) electrons. The molecule has 1 amide bonds. The van der Waals surface area contributed by atoms with E-state index in [-0.39, 0.29) is 30.1 Å². The normalized spacial score (nSPS) is 18.4. The minimum absolute atomic E-state index is 0.0430. The van der Waals surface area contributed by atoms with Crippen molar-refractivity contribution in [2.45, 2.75) is 38.5 Å². The van der Waals surface area contributed by atoms with Gasteiger partial charge in [0, 0.05) is 49.4 Å². The molecule has 1 fully saturated rings. The summed E-state index contributed by atoms with van der Waals surface area (Å²) in [5.74, 6) is -3.27. The molecule has 0 unspecified atom stereocenters. The van der Waals surface area contributed by atoms with Gasteiger partial charge in [-0.15, -0.1) is 0 Å². The van der Waals surface area contributed by atoms with Gasteiger partial charge in [-0.3, -0.25) is 9.78 Å². The van der Waals surface area contributed by atoms with Crippen molar-refractivity contribution in [3.05, 3.63) is 60.2 Å². The lowest BCUT2D eigenvalue weighted by Gasteiger charge is -2.32. The third-order valence-electron chi connectivity index (χ3n) is 6.84. The van der Waals surface area contributed by atoms with Crippen LogP contribution in [0.15, 0.2) is 53.3 Å². The molecule has 206 valence electrons. The van der Waals surface area contributed by atoms with Gasteiger partial charge < -0.3 is 24.6 Å². The van der Waals surface area contributed by atoms with Gasteiger partial charge in [-0.05, 0) is 50.3 Å². The minimum atomic E-state index is -3.01. The minimum Gasteiger partial charge on any atom is -0.384 e. The summed E-state index contributed by atoms with van der Waals surface area (Å²) in [5, 5.41) is 10.7. The van der Waals surface area contributed by atoms with E-state index in [0.29, 0.717) is 40.9 Å². The molecule has 4 heterocycles. The molecule has 1 aromatic carbocycles. The first-order chi connectivity index (χ1) is 18.7. The monoisotopic (exact) mass is 541 g/mol. The summed E-state index contributed by atoms with van der Waals surface area (Å²) in [5.41, 5.74) is 2.00. The molecule has 5 rings (SSSR count). The van der Waals surface area contributed by atoms with E-state index in [1.165, 1.54) is 10.8 Å². The number of amides is 1. The van der Waals surface area contributed by atoms with Gasteiger partial charge in [0.1, 0.15) is 6.17 Å². The molecule has 9 nitrogen and oxygen atoms in total. The Morgan fingerprint density at radius 3 is 2.85 bits per heavy atom. The third kappa shape index (κ3) is 6.22. The summed E-state index contributed by atoms with van der Waals surface area (Å²) < 4.78 is 49.8. The largest absolute Gasteiger partial charge is 0.384 e. The van der Waals surface area contributed by atoms with Gasteiger partial charge in [-0.1, -0.05) is 11.2 Å². The summed E-state index contributed by atoms with van der Waals surface area (Å²) in [7, 11) is 1.91. The number of hydrogen-bond acceptors (Lipinski definition) is 7. The maximum Gasteiger partial charge on any atom is 0.262 e. The Morgan fingerprint density at radius 2 is 2.10 bits per heavy atom. The van der Waals surface area contributed by atoms with Crippen molar-refractivity contribution >= 4 is 22.5 Å². The number of rotatable bonds is 9. The zero-order valence-electron chi connectivity index (χ0n) is 21.7. The predicted molar refractivity (Wildman–Crippen MR) is 140 cm³/mol. The maximum absolute atomic E-state index is 14.6. The van der Waals surface area contributed by atoms with Gasteiger partial charge in [-0.25, -0.2) is 13.2 Å². The van der Waals surface area contributed by atoms with Crippen molar-refractivity contribution < 1.29 is 22.5 Å². The number of anilines is 1. The number of likely N-dealkylation sites (tertiary alicyclic amines) is 1. The third-order valence-corrected chi connectivity index (χ3v) is 6.84. The standard InChI is InChI=1S/C27H30F3N7O2/c1-27(29,30)16-37-22-7-3-6-21(32-13-17-8-10-36(2)15-20(17)28)19(22)11-23(37)25-34-24(39-35-25)14-33-26(38)18-5-4-9-31-12-18/h3-7,9,11-12,17,20,32H,8,10,13-16H2,1-2H3,(H,33,38)/t17-,20-/m0/s1. The van der Waals surface area contributed by atoms with Crippen LogP contribution in [0.5, 0.6) is 0 Å². The van der Waals surface area contributed by atoms with Crippen LogP contribution in [0, 0.1) is 5.92 Å². The summed E-state index contributed by atoms with van der Waals surface area (Å²) in [6.07, 6.45) is 2.79. The van der Waals surface area contributed by atoms with Gasteiger partial charge in [0.15, 0.2) is 0 Å². The predicted octanol–water partition coefficient (Wildman–Crippen LogP) is 4.37. The Hall–Kier alpha value is -3.93. The average molecular weight is 542 g/mol. The summed E-state index contributed by atoms with van der Waals surface area (Å²) >= 11 is 0. The lowest BCUT2D eigenvalue weighted by molar-refractivity contribution is 0.00545.